The van der Waals surface area contributed by atoms with Crippen LogP contribution in [0.1, 0.15) is 40.9 Å². The van der Waals surface area contributed by atoms with E-state index in [9.17, 15) is 13.2 Å². The predicted molar refractivity (Wildman–Crippen MR) is 150 cm³/mol. The molecule has 0 unspecified atom stereocenters. The molecule has 4 rings (SSSR count). The minimum atomic E-state index is -4.00. The van der Waals surface area contributed by atoms with Crippen molar-refractivity contribution in [2.24, 2.45) is 0 Å². The van der Waals surface area contributed by atoms with Gasteiger partial charge in [0.1, 0.15) is 10.6 Å². The Hall–Kier alpha value is -2.10. The molecule has 0 bridgehead atoms. The van der Waals surface area contributed by atoms with E-state index in [1.165, 1.54) is 12.1 Å². The minimum Gasteiger partial charge on any atom is -0.497 e. The smallest absolute Gasteiger partial charge is 0.255 e. The third-order valence-corrected chi connectivity index (χ3v) is 9.46. The van der Waals surface area contributed by atoms with Crippen LogP contribution in [-0.4, -0.2) is 39.4 Å². The molecule has 1 heterocycles. The van der Waals surface area contributed by atoms with E-state index >= 15 is 0 Å². The number of sulfonamides is 1. The molecule has 0 atom stereocenters. The second-order valence-electron chi connectivity index (χ2n) is 9.57. The molecule has 10 heteroatoms. The van der Waals surface area contributed by atoms with E-state index < -0.39 is 10.0 Å². The van der Waals surface area contributed by atoms with E-state index in [2.05, 4.69) is 40.6 Å². The maximum Gasteiger partial charge on any atom is 0.255 e. The Balaban J connectivity index is 1.56. The van der Waals surface area contributed by atoms with E-state index in [1.54, 1.807) is 12.0 Å². The van der Waals surface area contributed by atoms with Crippen LogP contribution in [0.5, 0.6) is 5.75 Å². The Morgan fingerprint density at radius 2 is 1.81 bits per heavy atom. The van der Waals surface area contributed by atoms with Crippen LogP contribution in [-0.2, 0) is 28.4 Å². The molecule has 196 valence electrons. The molecule has 0 saturated carbocycles. The van der Waals surface area contributed by atoms with Crippen molar-refractivity contribution < 1.29 is 17.9 Å². The molecule has 1 aliphatic heterocycles. The average molecular weight is 626 g/mol. The first-order chi connectivity index (χ1) is 17.4. The van der Waals surface area contributed by atoms with Gasteiger partial charge in [0.05, 0.1) is 22.7 Å². The molecule has 1 N–H and O–H groups in total. The second-order valence-corrected chi connectivity index (χ2v) is 13.0. The monoisotopic (exact) mass is 624 g/mol. The number of hydrogen-bond acceptors (Lipinski definition) is 4. The first-order valence-electron chi connectivity index (χ1n) is 11.6. The highest BCUT2D eigenvalue weighted by Gasteiger charge is 2.36. The van der Waals surface area contributed by atoms with Crippen LogP contribution in [0.4, 0.5) is 0 Å². The number of benzene rings is 3. The van der Waals surface area contributed by atoms with Gasteiger partial charge in [0.25, 0.3) is 5.91 Å². The fourth-order valence-electron chi connectivity index (χ4n) is 4.58. The molecule has 6 nitrogen and oxygen atoms in total. The number of methoxy groups -OCH3 is 1. The molecule has 1 amide bonds. The van der Waals surface area contributed by atoms with Crippen molar-refractivity contribution in [3.8, 4) is 5.75 Å². The first-order valence-corrected chi connectivity index (χ1v) is 14.6. The van der Waals surface area contributed by atoms with Gasteiger partial charge in [0.15, 0.2) is 0 Å². The lowest BCUT2D eigenvalue weighted by Crippen LogP contribution is -2.45. The van der Waals surface area contributed by atoms with Gasteiger partial charge < -0.3 is 9.64 Å². The van der Waals surface area contributed by atoms with Crippen LogP contribution in [0.15, 0.2) is 64.0 Å². The van der Waals surface area contributed by atoms with Gasteiger partial charge in [-0.1, -0.05) is 77.2 Å². The number of carbonyl (C=O) groups is 1. The van der Waals surface area contributed by atoms with E-state index in [0.29, 0.717) is 19.5 Å². The van der Waals surface area contributed by atoms with Crippen molar-refractivity contribution in [2.75, 3.05) is 20.2 Å². The zero-order valence-corrected chi connectivity index (χ0v) is 24.6. The average Bonchev–Trinajstić information content (AvgIpc) is 2.84. The number of halogens is 3. The van der Waals surface area contributed by atoms with Crippen LogP contribution in [0.25, 0.3) is 0 Å². The minimum absolute atomic E-state index is 0.0504. The molecule has 3 aromatic rings. The predicted octanol–water partition coefficient (Wildman–Crippen LogP) is 6.22. The first kappa shape index (κ1) is 27.9. The number of rotatable bonds is 7. The van der Waals surface area contributed by atoms with Gasteiger partial charge in [-0.25, -0.2) is 13.1 Å². The molecule has 0 aliphatic carbocycles. The van der Waals surface area contributed by atoms with Crippen molar-refractivity contribution in [1.82, 2.24) is 9.62 Å². The molecule has 3 aromatic carbocycles. The summed E-state index contributed by atoms with van der Waals surface area (Å²) in [6.45, 7) is 5.13. The van der Waals surface area contributed by atoms with E-state index in [1.807, 2.05) is 36.4 Å². The molecule has 0 fully saturated rings. The van der Waals surface area contributed by atoms with Gasteiger partial charge in [-0.2, -0.15) is 0 Å². The number of nitrogens with one attached hydrogen (secondary N) is 1. The summed E-state index contributed by atoms with van der Waals surface area (Å²) in [4.78, 5) is 15.1. The Bertz CT molecular complexity index is 1440. The van der Waals surface area contributed by atoms with E-state index in [4.69, 9.17) is 27.9 Å². The summed E-state index contributed by atoms with van der Waals surface area (Å²) in [7, 11) is -2.41. The molecular formula is C27H27BrCl2N2O4S. The van der Waals surface area contributed by atoms with Gasteiger partial charge in [-0.15, -0.1) is 0 Å². The summed E-state index contributed by atoms with van der Waals surface area (Å²) in [5, 5.41) is 0.0495. The topological polar surface area (TPSA) is 75.7 Å². The number of hydrogen-bond donors (Lipinski definition) is 1. The highest BCUT2D eigenvalue weighted by atomic mass is 79.9. The van der Waals surface area contributed by atoms with Crippen molar-refractivity contribution in [3.05, 3.63) is 91.4 Å². The number of fused-ring (bicyclic) bond motifs is 1. The SMILES string of the molecule is COc1ccc(CCNS(=O)(=O)c2cc(C(=O)N3Cc4c(Br)cccc4C(C)(C)C3)c(Cl)cc2Cl)cc1. The quantitative estimate of drug-likeness (QED) is 0.338. The standard InChI is InChI=1S/C27H27BrCl2N2O4S/c1-27(2)16-32(15-20-21(27)5-4-6-22(20)28)26(33)19-13-25(24(30)14-23(19)29)37(34,35)31-12-11-17-7-9-18(36-3)10-8-17/h4-10,13-14,31H,11-12,15-16H2,1-3H3. The van der Waals surface area contributed by atoms with Crippen LogP contribution >= 0.6 is 39.1 Å². The zero-order chi connectivity index (χ0) is 27.0. The van der Waals surface area contributed by atoms with Gasteiger partial charge >= 0.3 is 0 Å². The van der Waals surface area contributed by atoms with Crippen LogP contribution in [0, 0.1) is 0 Å². The summed E-state index contributed by atoms with van der Waals surface area (Å²) >= 11 is 16.3. The number of carbonyl (C=O) groups excluding carboxylic acids is 1. The molecule has 0 saturated heterocycles. The van der Waals surface area contributed by atoms with Gasteiger partial charge in [0, 0.05) is 29.5 Å². The second kappa shape index (κ2) is 10.9. The fraction of sp³-hybridized carbons (Fsp3) is 0.296. The van der Waals surface area contributed by atoms with Crippen LogP contribution in [0.2, 0.25) is 10.0 Å². The largest absolute Gasteiger partial charge is 0.497 e. The van der Waals surface area contributed by atoms with Crippen molar-refractivity contribution in [1.29, 1.82) is 0 Å². The van der Waals surface area contributed by atoms with Gasteiger partial charge in [0.2, 0.25) is 10.0 Å². The van der Waals surface area contributed by atoms with Crippen molar-refractivity contribution in [3.63, 3.8) is 0 Å². The Labute approximate surface area is 236 Å². The summed E-state index contributed by atoms with van der Waals surface area (Å²) in [5.41, 5.74) is 2.92. The number of nitrogens with zero attached hydrogens (tertiary/aromatic N) is 1. The molecule has 1 aliphatic rings. The molecule has 0 spiro atoms. The Morgan fingerprint density at radius 1 is 1.11 bits per heavy atom. The maximum absolute atomic E-state index is 13.6. The lowest BCUT2D eigenvalue weighted by molar-refractivity contribution is 0.0685. The van der Waals surface area contributed by atoms with Crippen LogP contribution in [0.3, 0.4) is 0 Å². The Kier molecular flexibility index (Phi) is 8.26. The lowest BCUT2D eigenvalue weighted by atomic mass is 9.78. The third-order valence-electron chi connectivity index (χ3n) is 6.48. The normalized spacial score (nSPS) is 14.8. The van der Waals surface area contributed by atoms with Crippen molar-refractivity contribution in [2.45, 2.75) is 37.1 Å². The summed E-state index contributed by atoms with van der Waals surface area (Å²) < 4.78 is 34.9. The van der Waals surface area contributed by atoms with Crippen LogP contribution < -0.4 is 9.46 Å². The third kappa shape index (κ3) is 5.99. The number of amides is 1. The van der Waals surface area contributed by atoms with Crippen molar-refractivity contribution >= 4 is 55.1 Å². The molecular weight excluding hydrogens is 599 g/mol. The fourth-order valence-corrected chi connectivity index (χ4v) is 6.95. The number of ether oxygens (including phenoxy) is 1. The summed E-state index contributed by atoms with van der Waals surface area (Å²) in [5.74, 6) is 0.369. The summed E-state index contributed by atoms with van der Waals surface area (Å²) in [6, 6.07) is 16.0. The van der Waals surface area contributed by atoms with Gasteiger partial charge in [-0.3, -0.25) is 4.79 Å². The maximum atomic E-state index is 13.6. The molecule has 37 heavy (non-hydrogen) atoms. The molecule has 0 radical (unpaired) electrons. The highest BCUT2D eigenvalue weighted by molar-refractivity contribution is 9.10. The highest BCUT2D eigenvalue weighted by Crippen LogP contribution is 2.38. The summed E-state index contributed by atoms with van der Waals surface area (Å²) in [6.07, 6.45) is 0.470. The molecule has 0 aromatic heterocycles. The van der Waals surface area contributed by atoms with E-state index in [0.717, 1.165) is 26.9 Å². The lowest BCUT2D eigenvalue weighted by Gasteiger charge is -2.40. The zero-order valence-electron chi connectivity index (χ0n) is 20.6. The van der Waals surface area contributed by atoms with Gasteiger partial charge in [-0.05, 0) is 53.4 Å². The van der Waals surface area contributed by atoms with E-state index in [-0.39, 0.29) is 38.4 Å². The Morgan fingerprint density at radius 3 is 2.49 bits per heavy atom.